The lowest BCUT2D eigenvalue weighted by atomic mass is 10.4. The highest BCUT2D eigenvalue weighted by Gasteiger charge is 1.96. The number of amides is 1. The minimum atomic E-state index is -0.102. The molecule has 0 saturated carbocycles. The van der Waals surface area contributed by atoms with E-state index in [1.807, 2.05) is 13.8 Å². The molecule has 2 heteroatoms. The molecule has 2 nitrogen and oxygen atoms in total. The van der Waals surface area contributed by atoms with Gasteiger partial charge in [-0.3, -0.25) is 4.79 Å². The number of rotatable bonds is 3. The molecule has 68 valence electrons. The van der Waals surface area contributed by atoms with Crippen LogP contribution in [0, 0.1) is 0 Å². The van der Waals surface area contributed by atoms with Crippen molar-refractivity contribution in [1.82, 2.24) is 4.90 Å². The van der Waals surface area contributed by atoms with Gasteiger partial charge in [0.1, 0.15) is 0 Å². The molecule has 1 amide bonds. The Morgan fingerprint density at radius 1 is 1.33 bits per heavy atom. The second-order valence-electron chi connectivity index (χ2n) is 1.73. The summed E-state index contributed by atoms with van der Waals surface area (Å²) in [6, 6.07) is 0. The maximum atomic E-state index is 10.9. The zero-order chi connectivity index (χ0) is 9.98. The van der Waals surface area contributed by atoms with Crippen molar-refractivity contribution in [2.45, 2.75) is 13.8 Å². The molecule has 0 heterocycles. The molecule has 0 bridgehead atoms. The number of hydrogen-bond acceptors (Lipinski definition) is 1. The molecule has 0 unspecified atom stereocenters. The fourth-order valence-corrected chi connectivity index (χ4v) is 0.358. The second-order valence-corrected chi connectivity index (χ2v) is 1.73. The van der Waals surface area contributed by atoms with Crippen LogP contribution in [-0.4, -0.2) is 17.9 Å². The number of carbonyl (C=O) groups is 1. The predicted octanol–water partition coefficient (Wildman–Crippen LogP) is 2.36. The molecule has 0 aromatic heterocycles. The topological polar surface area (TPSA) is 20.3 Å². The summed E-state index contributed by atoms with van der Waals surface area (Å²) in [6.07, 6.45) is 6.02. The fraction of sp³-hybridized carbons (Fsp3) is 0.300. The summed E-state index contributed by atoms with van der Waals surface area (Å²) in [7, 11) is 1.64. The van der Waals surface area contributed by atoms with Gasteiger partial charge in [0.25, 0.3) is 0 Å². The summed E-state index contributed by atoms with van der Waals surface area (Å²) in [5, 5.41) is 0. The average Bonchev–Trinajstić information content (AvgIpc) is 2.16. The Bertz CT molecular complexity index is 171. The van der Waals surface area contributed by atoms with Crippen LogP contribution in [-0.2, 0) is 4.79 Å². The standard InChI is InChI=1S/C8H11NO.C2H6/c1-4-6-7-8(10)9(3)5-2;1-2/h4-7H,1-2H2,3H3;1-2H3/b7-6-;. The molecule has 0 aromatic rings. The zero-order valence-corrected chi connectivity index (χ0v) is 8.08. The summed E-state index contributed by atoms with van der Waals surface area (Å²) in [5.74, 6) is -0.102. The van der Waals surface area contributed by atoms with Crippen LogP contribution in [0.25, 0.3) is 0 Å². The Balaban J connectivity index is 0. The lowest BCUT2D eigenvalue weighted by Crippen LogP contribution is -2.17. The molecule has 0 spiro atoms. The van der Waals surface area contributed by atoms with E-state index in [0.29, 0.717) is 0 Å². The van der Waals surface area contributed by atoms with E-state index in [4.69, 9.17) is 0 Å². The smallest absolute Gasteiger partial charge is 0.250 e. The molecular formula is C10H17NO. The molecule has 0 radical (unpaired) electrons. The molecule has 0 aliphatic rings. The molecule has 0 aliphatic heterocycles. The Labute approximate surface area is 74.9 Å². The van der Waals surface area contributed by atoms with Crippen molar-refractivity contribution in [1.29, 1.82) is 0 Å². The molecule has 0 aliphatic carbocycles. The van der Waals surface area contributed by atoms with Gasteiger partial charge in [0.15, 0.2) is 0 Å². The van der Waals surface area contributed by atoms with Gasteiger partial charge in [-0.1, -0.05) is 39.2 Å². The van der Waals surface area contributed by atoms with Crippen molar-refractivity contribution in [2.24, 2.45) is 0 Å². The molecule has 0 saturated heterocycles. The third kappa shape index (κ3) is 6.81. The van der Waals surface area contributed by atoms with Gasteiger partial charge in [-0.2, -0.15) is 0 Å². The predicted molar refractivity (Wildman–Crippen MR) is 53.7 cm³/mol. The third-order valence-corrected chi connectivity index (χ3v) is 0.996. The Morgan fingerprint density at radius 3 is 2.17 bits per heavy atom. The minimum Gasteiger partial charge on any atom is -0.319 e. The van der Waals surface area contributed by atoms with Gasteiger partial charge in [0.05, 0.1) is 0 Å². The molecule has 0 aromatic carbocycles. The van der Waals surface area contributed by atoms with Gasteiger partial charge in [-0.25, -0.2) is 0 Å². The first kappa shape index (κ1) is 13.3. The first-order valence-electron chi connectivity index (χ1n) is 3.90. The van der Waals surface area contributed by atoms with E-state index in [9.17, 15) is 4.79 Å². The number of hydrogen-bond donors (Lipinski definition) is 0. The van der Waals surface area contributed by atoms with Crippen molar-refractivity contribution < 1.29 is 4.79 Å². The van der Waals surface area contributed by atoms with E-state index in [1.165, 1.54) is 17.2 Å². The summed E-state index contributed by atoms with van der Waals surface area (Å²) >= 11 is 0. The van der Waals surface area contributed by atoms with Gasteiger partial charge in [-0.05, 0) is 6.20 Å². The van der Waals surface area contributed by atoms with E-state index in [2.05, 4.69) is 13.2 Å². The van der Waals surface area contributed by atoms with Crippen molar-refractivity contribution in [3.05, 3.63) is 37.6 Å². The van der Waals surface area contributed by atoms with Crippen molar-refractivity contribution in [3.8, 4) is 0 Å². The number of carbonyl (C=O) groups excluding carboxylic acids is 1. The van der Waals surface area contributed by atoms with Gasteiger partial charge in [0, 0.05) is 13.1 Å². The lowest BCUT2D eigenvalue weighted by Gasteiger charge is -2.05. The van der Waals surface area contributed by atoms with Crippen LogP contribution in [0.3, 0.4) is 0 Å². The maximum Gasteiger partial charge on any atom is 0.250 e. The zero-order valence-electron chi connectivity index (χ0n) is 8.08. The number of allylic oxidation sites excluding steroid dienone is 2. The van der Waals surface area contributed by atoms with Crippen LogP contribution in [0.2, 0.25) is 0 Å². The number of nitrogens with zero attached hydrogens (tertiary/aromatic N) is 1. The maximum absolute atomic E-state index is 10.9. The highest BCUT2D eigenvalue weighted by Crippen LogP contribution is 1.85. The van der Waals surface area contributed by atoms with E-state index >= 15 is 0 Å². The van der Waals surface area contributed by atoms with Crippen LogP contribution in [0.4, 0.5) is 0 Å². The van der Waals surface area contributed by atoms with Gasteiger partial charge in [0.2, 0.25) is 5.91 Å². The van der Waals surface area contributed by atoms with E-state index in [-0.39, 0.29) is 5.91 Å². The second kappa shape index (κ2) is 9.69. The van der Waals surface area contributed by atoms with Crippen molar-refractivity contribution >= 4 is 5.91 Å². The molecule has 0 N–H and O–H groups in total. The normalized spacial score (nSPS) is 8.25. The first-order valence-corrected chi connectivity index (χ1v) is 3.90. The van der Waals surface area contributed by atoms with Crippen LogP contribution >= 0.6 is 0 Å². The summed E-state index contributed by atoms with van der Waals surface area (Å²) in [4.78, 5) is 12.2. The Morgan fingerprint density at radius 2 is 1.83 bits per heavy atom. The first-order chi connectivity index (χ1) is 5.72. The molecule has 0 rings (SSSR count). The largest absolute Gasteiger partial charge is 0.319 e. The monoisotopic (exact) mass is 167 g/mol. The molecule has 0 fully saturated rings. The van der Waals surface area contributed by atoms with Crippen molar-refractivity contribution in [2.75, 3.05) is 7.05 Å². The summed E-state index contributed by atoms with van der Waals surface area (Å²) in [6.45, 7) is 10.9. The van der Waals surface area contributed by atoms with Crippen LogP contribution in [0.5, 0.6) is 0 Å². The van der Waals surface area contributed by atoms with Gasteiger partial charge >= 0.3 is 0 Å². The lowest BCUT2D eigenvalue weighted by molar-refractivity contribution is -0.122. The summed E-state index contributed by atoms with van der Waals surface area (Å²) < 4.78 is 0. The third-order valence-electron chi connectivity index (χ3n) is 0.996. The molecule has 12 heavy (non-hydrogen) atoms. The molecule has 0 atom stereocenters. The Hall–Kier alpha value is -1.31. The average molecular weight is 167 g/mol. The van der Waals surface area contributed by atoms with Crippen LogP contribution < -0.4 is 0 Å². The quantitative estimate of drug-likeness (QED) is 0.466. The van der Waals surface area contributed by atoms with Crippen LogP contribution in [0.15, 0.2) is 37.6 Å². The van der Waals surface area contributed by atoms with E-state index in [0.717, 1.165) is 0 Å². The highest BCUT2D eigenvalue weighted by atomic mass is 16.2. The molecular weight excluding hydrogens is 150 g/mol. The summed E-state index contributed by atoms with van der Waals surface area (Å²) in [5.41, 5.74) is 0. The minimum absolute atomic E-state index is 0.102. The van der Waals surface area contributed by atoms with Gasteiger partial charge in [-0.15, -0.1) is 0 Å². The number of likely N-dealkylation sites (N-methyl/N-ethyl adjacent to an activating group) is 1. The van der Waals surface area contributed by atoms with Gasteiger partial charge < -0.3 is 4.90 Å². The van der Waals surface area contributed by atoms with E-state index in [1.54, 1.807) is 19.2 Å². The Kier molecular flexibility index (Phi) is 10.7. The highest BCUT2D eigenvalue weighted by molar-refractivity contribution is 5.88. The SMILES string of the molecule is C=C/C=C\C(=O)N(C)C=C.CC. The fourth-order valence-electron chi connectivity index (χ4n) is 0.358. The van der Waals surface area contributed by atoms with Crippen LogP contribution in [0.1, 0.15) is 13.8 Å². The van der Waals surface area contributed by atoms with E-state index < -0.39 is 0 Å². The van der Waals surface area contributed by atoms with Crippen molar-refractivity contribution in [3.63, 3.8) is 0 Å².